The Hall–Kier alpha value is -3.72. The Morgan fingerprint density at radius 2 is 1.79 bits per heavy atom. The van der Waals surface area contributed by atoms with Gasteiger partial charge in [0.2, 0.25) is 0 Å². The molecule has 0 spiro atoms. The summed E-state index contributed by atoms with van der Waals surface area (Å²) >= 11 is 0. The maximum Gasteiger partial charge on any atom is 0.295 e. The quantitative estimate of drug-likeness (QED) is 0.145. The van der Waals surface area contributed by atoms with E-state index in [0.717, 1.165) is 0 Å². The van der Waals surface area contributed by atoms with Crippen LogP contribution in [0.1, 0.15) is 37.4 Å². The second kappa shape index (κ2) is 10.7. The van der Waals surface area contributed by atoms with Gasteiger partial charge >= 0.3 is 0 Å². The van der Waals surface area contributed by atoms with Crippen molar-refractivity contribution < 1.29 is 29.1 Å². The molecule has 0 aromatic heterocycles. The van der Waals surface area contributed by atoms with Gasteiger partial charge in [0.1, 0.15) is 11.5 Å². The molecule has 1 saturated heterocycles. The zero-order valence-electron chi connectivity index (χ0n) is 18.5. The first-order valence-electron chi connectivity index (χ1n) is 10.7. The van der Waals surface area contributed by atoms with E-state index in [0.29, 0.717) is 37.6 Å². The number of para-hydroxylation sites is 1. The lowest BCUT2D eigenvalue weighted by Gasteiger charge is -2.25. The maximum absolute atomic E-state index is 13.0. The van der Waals surface area contributed by atoms with E-state index in [9.17, 15) is 24.8 Å². The molecule has 0 saturated carbocycles. The summed E-state index contributed by atoms with van der Waals surface area (Å²) in [5, 5.41) is 22.8. The number of aliphatic hydroxyl groups is 1. The van der Waals surface area contributed by atoms with Crippen molar-refractivity contribution in [3.8, 4) is 5.75 Å². The number of aliphatic hydroxyl groups excluding tert-OH is 1. The van der Waals surface area contributed by atoms with Crippen molar-refractivity contribution in [2.24, 2.45) is 0 Å². The van der Waals surface area contributed by atoms with Crippen LogP contribution in [-0.4, -0.2) is 53.0 Å². The molecule has 1 heterocycles. The molecule has 9 nitrogen and oxygen atoms in total. The monoisotopic (exact) mass is 454 g/mol. The summed E-state index contributed by atoms with van der Waals surface area (Å²) in [5.41, 5.74) is 0.0339. The fourth-order valence-corrected chi connectivity index (χ4v) is 3.83. The van der Waals surface area contributed by atoms with E-state index in [1.54, 1.807) is 30.3 Å². The molecule has 3 rings (SSSR count). The zero-order valence-corrected chi connectivity index (χ0v) is 18.5. The molecular formula is C24H26N2O7. The molecule has 174 valence electrons. The van der Waals surface area contributed by atoms with Crippen LogP contribution in [0.25, 0.3) is 5.76 Å². The van der Waals surface area contributed by atoms with Crippen LogP contribution in [0.3, 0.4) is 0 Å². The predicted octanol–water partition coefficient (Wildman–Crippen LogP) is 3.84. The van der Waals surface area contributed by atoms with E-state index in [1.165, 1.54) is 23.1 Å². The zero-order chi connectivity index (χ0) is 24.0. The van der Waals surface area contributed by atoms with E-state index in [2.05, 4.69) is 0 Å². The summed E-state index contributed by atoms with van der Waals surface area (Å²) in [5.74, 6) is -1.52. The first-order chi connectivity index (χ1) is 15.9. The topological polar surface area (TPSA) is 119 Å². The molecular weight excluding hydrogens is 428 g/mol. The Morgan fingerprint density at radius 1 is 1.09 bits per heavy atom. The summed E-state index contributed by atoms with van der Waals surface area (Å²) in [6.45, 7) is 5.16. The Labute approximate surface area is 191 Å². The van der Waals surface area contributed by atoms with Gasteiger partial charge in [-0.05, 0) is 50.6 Å². The number of amides is 1. The molecule has 1 fully saturated rings. The number of likely N-dealkylation sites (tertiary alicyclic amines) is 1. The number of Topliss-reactive ketones (excluding diaryl/α,β-unsaturated/α-hetero) is 1. The Bertz CT molecular complexity index is 1060. The van der Waals surface area contributed by atoms with Crippen LogP contribution in [0, 0.1) is 10.1 Å². The molecule has 0 aliphatic carbocycles. The molecule has 1 aliphatic heterocycles. The predicted molar refractivity (Wildman–Crippen MR) is 121 cm³/mol. The maximum atomic E-state index is 13.0. The molecule has 2 aromatic carbocycles. The average Bonchev–Trinajstić information content (AvgIpc) is 3.07. The molecule has 2 aromatic rings. The third kappa shape index (κ3) is 5.04. The third-order valence-electron chi connectivity index (χ3n) is 5.30. The number of nitro benzene ring substituents is 1. The minimum absolute atomic E-state index is 0.140. The van der Waals surface area contributed by atoms with E-state index in [-0.39, 0.29) is 23.4 Å². The van der Waals surface area contributed by atoms with Crippen molar-refractivity contribution in [3.05, 3.63) is 75.3 Å². The Balaban J connectivity index is 2.12. The highest BCUT2D eigenvalue weighted by Gasteiger charge is 2.47. The number of ketones is 1. The van der Waals surface area contributed by atoms with Gasteiger partial charge < -0.3 is 19.5 Å². The third-order valence-corrected chi connectivity index (χ3v) is 5.30. The highest BCUT2D eigenvalue weighted by molar-refractivity contribution is 6.46. The lowest BCUT2D eigenvalue weighted by atomic mass is 9.94. The van der Waals surface area contributed by atoms with Crippen LogP contribution in [0.2, 0.25) is 0 Å². The Morgan fingerprint density at radius 3 is 2.42 bits per heavy atom. The first-order valence-corrected chi connectivity index (χ1v) is 10.7. The highest BCUT2D eigenvalue weighted by atomic mass is 16.6. The molecule has 1 N–H and O–H groups in total. The molecule has 0 radical (unpaired) electrons. The van der Waals surface area contributed by atoms with Gasteiger partial charge in [0, 0.05) is 31.4 Å². The standard InChI is InChI=1S/C24H26N2O7/c1-3-32-15-7-14-25-21(18-8-5-6-9-19(18)26(30)31)20(23(28)24(25)29)22(27)16-10-12-17(13-11-16)33-4-2/h5-6,8-13,21,27H,3-4,7,14-15H2,1-2H3. The molecule has 0 bridgehead atoms. The number of hydrogen-bond acceptors (Lipinski definition) is 7. The number of carbonyl (C=O) groups is 2. The largest absolute Gasteiger partial charge is 0.507 e. The van der Waals surface area contributed by atoms with Gasteiger partial charge in [-0.25, -0.2) is 0 Å². The summed E-state index contributed by atoms with van der Waals surface area (Å²) in [7, 11) is 0. The molecule has 9 heteroatoms. The second-order valence-corrected chi connectivity index (χ2v) is 7.32. The van der Waals surface area contributed by atoms with E-state index in [4.69, 9.17) is 9.47 Å². The van der Waals surface area contributed by atoms with Gasteiger partial charge in [0.25, 0.3) is 17.4 Å². The number of hydrogen-bond donors (Lipinski definition) is 1. The minimum Gasteiger partial charge on any atom is -0.507 e. The van der Waals surface area contributed by atoms with Crippen LogP contribution in [0.15, 0.2) is 54.1 Å². The summed E-state index contributed by atoms with van der Waals surface area (Å²) in [6.07, 6.45) is 0.432. The summed E-state index contributed by atoms with van der Waals surface area (Å²) in [6, 6.07) is 11.2. The first kappa shape index (κ1) is 23.9. The van der Waals surface area contributed by atoms with Gasteiger partial charge in [-0.15, -0.1) is 0 Å². The number of rotatable bonds is 10. The number of carbonyl (C=O) groups excluding carboxylic acids is 2. The van der Waals surface area contributed by atoms with Gasteiger partial charge in [-0.1, -0.05) is 12.1 Å². The molecule has 1 atom stereocenters. The van der Waals surface area contributed by atoms with Crippen molar-refractivity contribution in [3.63, 3.8) is 0 Å². The van der Waals surface area contributed by atoms with Crippen molar-refractivity contribution in [2.45, 2.75) is 26.3 Å². The number of ether oxygens (including phenoxy) is 2. The SMILES string of the molecule is CCOCCCN1C(=O)C(=O)C(=C(O)c2ccc(OCC)cc2)C1c1ccccc1[N+](=O)[O-]. The molecule has 1 aliphatic rings. The smallest absolute Gasteiger partial charge is 0.295 e. The van der Waals surface area contributed by atoms with Crippen LogP contribution < -0.4 is 4.74 Å². The Kier molecular flexibility index (Phi) is 7.78. The number of nitro groups is 1. The number of benzene rings is 2. The van der Waals surface area contributed by atoms with E-state index >= 15 is 0 Å². The van der Waals surface area contributed by atoms with Gasteiger partial charge in [-0.2, -0.15) is 0 Å². The van der Waals surface area contributed by atoms with E-state index < -0.39 is 28.4 Å². The average molecular weight is 454 g/mol. The molecule has 33 heavy (non-hydrogen) atoms. The van der Waals surface area contributed by atoms with E-state index in [1.807, 2.05) is 13.8 Å². The number of nitrogens with zero attached hydrogens (tertiary/aromatic N) is 2. The normalized spacial score (nSPS) is 17.4. The van der Waals surface area contributed by atoms with Crippen LogP contribution in [-0.2, 0) is 14.3 Å². The lowest BCUT2D eigenvalue weighted by Crippen LogP contribution is -2.31. The van der Waals surface area contributed by atoms with Crippen molar-refractivity contribution >= 4 is 23.1 Å². The van der Waals surface area contributed by atoms with Crippen LogP contribution in [0.5, 0.6) is 5.75 Å². The minimum atomic E-state index is -1.10. The lowest BCUT2D eigenvalue weighted by molar-refractivity contribution is -0.385. The van der Waals surface area contributed by atoms with Crippen LogP contribution >= 0.6 is 0 Å². The molecule has 1 unspecified atom stereocenters. The van der Waals surface area contributed by atoms with Gasteiger partial charge in [-0.3, -0.25) is 19.7 Å². The van der Waals surface area contributed by atoms with Gasteiger partial charge in [0.05, 0.1) is 28.7 Å². The van der Waals surface area contributed by atoms with Crippen LogP contribution in [0.4, 0.5) is 5.69 Å². The summed E-state index contributed by atoms with van der Waals surface area (Å²) < 4.78 is 10.7. The van der Waals surface area contributed by atoms with Crippen molar-refractivity contribution in [1.82, 2.24) is 4.90 Å². The van der Waals surface area contributed by atoms with Crippen molar-refractivity contribution in [1.29, 1.82) is 0 Å². The fourth-order valence-electron chi connectivity index (χ4n) is 3.83. The fraction of sp³-hybridized carbons (Fsp3) is 0.333. The molecule has 1 amide bonds. The second-order valence-electron chi connectivity index (χ2n) is 7.32. The highest BCUT2D eigenvalue weighted by Crippen LogP contribution is 2.42. The van der Waals surface area contributed by atoms with Gasteiger partial charge in [0.15, 0.2) is 0 Å². The summed E-state index contributed by atoms with van der Waals surface area (Å²) in [4.78, 5) is 38.3. The van der Waals surface area contributed by atoms with Crippen molar-refractivity contribution in [2.75, 3.05) is 26.4 Å².